The molecule has 1 spiro atoms. The zero-order chi connectivity index (χ0) is 57.8. The van der Waals surface area contributed by atoms with Gasteiger partial charge in [0.25, 0.3) is 0 Å². The van der Waals surface area contributed by atoms with Crippen molar-refractivity contribution in [2.45, 2.75) is 264 Å². The summed E-state index contributed by atoms with van der Waals surface area (Å²) in [5.74, 6) is -1.72. The molecule has 11 rings (SSSR count). The van der Waals surface area contributed by atoms with Crippen LogP contribution in [-0.2, 0) is 24.7 Å². The van der Waals surface area contributed by atoms with Gasteiger partial charge in [-0.25, -0.2) is 4.79 Å². The summed E-state index contributed by atoms with van der Waals surface area (Å²) < 4.78 is 44.2. The number of ether oxygens (including phenoxy) is 2. The Bertz CT molecular complexity index is 2550. The molecule has 21 atom stereocenters. The molecule has 21 unspecified atom stereocenters. The number of nitrogens with zero attached hydrogens (tertiary/aromatic N) is 1. The van der Waals surface area contributed by atoms with Crippen LogP contribution in [0.4, 0.5) is 0 Å². The number of hydrogen-bond acceptors (Lipinski definition) is 13. The minimum absolute atomic E-state index is 0.0465. The van der Waals surface area contributed by atoms with Gasteiger partial charge in [0.15, 0.2) is 6.10 Å². The van der Waals surface area contributed by atoms with E-state index >= 15 is 0 Å². The summed E-state index contributed by atoms with van der Waals surface area (Å²) in [5.41, 5.74) is -2.55. The summed E-state index contributed by atoms with van der Waals surface area (Å²) >= 11 is 0. The van der Waals surface area contributed by atoms with Crippen LogP contribution in [0.1, 0.15) is 206 Å². The molecule has 16 heteroatoms. The number of aliphatic hydroxyl groups excluding tert-OH is 2. The van der Waals surface area contributed by atoms with E-state index in [1.165, 1.54) is 63.4 Å². The zero-order valence-electron chi connectivity index (χ0n) is 49.6. The molecule has 444 valence electrons. The molecule has 0 amide bonds. The number of hydrogen-bond donors (Lipinski definition) is 9. The Labute approximate surface area is 466 Å². The molecule has 0 radical (unpaired) electrons. The Morgan fingerprint density at radius 2 is 1.41 bits per heavy atom. The van der Waals surface area contributed by atoms with E-state index in [0.29, 0.717) is 72.3 Å². The lowest BCUT2D eigenvalue weighted by Crippen LogP contribution is -2.85. The summed E-state index contributed by atoms with van der Waals surface area (Å²) in [6.07, 6.45) is 17.5. The number of carbonyl (C=O) groups excluding carboxylic acids is 1. The van der Waals surface area contributed by atoms with Crippen molar-refractivity contribution in [3.05, 3.63) is 34.4 Å². The molecular formula is C62H101NO14S. The molecule has 0 aromatic carbocycles. The van der Waals surface area contributed by atoms with E-state index in [9.17, 15) is 40.5 Å². The van der Waals surface area contributed by atoms with Crippen molar-refractivity contribution < 1.29 is 67.5 Å². The van der Waals surface area contributed by atoms with E-state index in [-0.39, 0.29) is 36.9 Å². The fraction of sp³-hybridized carbons (Fsp3) is 0.887. The number of piperidine rings is 2. The van der Waals surface area contributed by atoms with Crippen LogP contribution in [0.3, 0.4) is 0 Å². The molecule has 15 nitrogen and oxygen atoms in total. The van der Waals surface area contributed by atoms with Gasteiger partial charge in [-0.3, -0.25) is 14.0 Å². The van der Waals surface area contributed by atoms with E-state index in [0.717, 1.165) is 24.7 Å². The van der Waals surface area contributed by atoms with Gasteiger partial charge in [0.05, 0.1) is 17.8 Å². The smallest absolute Gasteiger partial charge is 0.394 e. The Morgan fingerprint density at radius 1 is 0.756 bits per heavy atom. The second-order valence-electron chi connectivity index (χ2n) is 29.7. The SMILES string of the molecule is CC(C)=CCCC(C)C1CCC2(C)C3=C(CCC12C)C1(C)CCC(O)C(C)(C)C1CC3.CC=C(C)C(=O)OC1CCC2(C)C3CCC4C5(O)CC(O)C6(O)C(CN7CC(C)CCC7C6(C)O)C5(O)CC42OC13O.O=S(=O)(O)O. The fourth-order valence-electron chi connectivity index (χ4n) is 21.2. The Kier molecular flexibility index (Phi) is 15.3. The number of allylic oxidation sites excluding steroid dienone is 5. The number of aliphatic hydroxyl groups is 7. The molecule has 3 saturated heterocycles. The summed E-state index contributed by atoms with van der Waals surface area (Å²) in [4.78, 5) is 14.9. The van der Waals surface area contributed by atoms with Gasteiger partial charge in [0, 0.05) is 60.7 Å². The Morgan fingerprint density at radius 3 is 2.05 bits per heavy atom. The third-order valence-corrected chi connectivity index (χ3v) is 25.7. The molecule has 0 aromatic heterocycles. The maximum Gasteiger partial charge on any atom is 0.394 e. The highest BCUT2D eigenvalue weighted by molar-refractivity contribution is 7.79. The number of carbonyl (C=O) groups is 1. The largest absolute Gasteiger partial charge is 0.453 e. The molecule has 9 N–H and O–H groups in total. The van der Waals surface area contributed by atoms with E-state index < -0.39 is 85.5 Å². The second-order valence-corrected chi connectivity index (χ2v) is 30.6. The fourth-order valence-corrected chi connectivity index (χ4v) is 21.2. The summed E-state index contributed by atoms with van der Waals surface area (Å²) in [6, 6.07) is -0.387. The lowest BCUT2D eigenvalue weighted by molar-refractivity contribution is -0.354. The highest BCUT2D eigenvalue weighted by Gasteiger charge is 2.89. The molecule has 78 heavy (non-hydrogen) atoms. The van der Waals surface area contributed by atoms with Gasteiger partial charge in [-0.05, 0) is 183 Å². The molecule has 6 saturated carbocycles. The molecule has 8 aliphatic carbocycles. The van der Waals surface area contributed by atoms with Crippen molar-refractivity contribution >= 4 is 16.4 Å². The minimum Gasteiger partial charge on any atom is -0.453 e. The predicted octanol–water partition coefficient (Wildman–Crippen LogP) is 8.82. The van der Waals surface area contributed by atoms with E-state index in [1.54, 1.807) is 26.8 Å². The molecule has 4 bridgehead atoms. The topological polar surface area (TPSA) is 255 Å². The normalized spacial score (nSPS) is 51.0. The molecule has 3 aliphatic heterocycles. The Balaban J connectivity index is 0.000000182. The van der Waals surface area contributed by atoms with Crippen LogP contribution >= 0.6 is 0 Å². The third kappa shape index (κ3) is 8.51. The lowest BCUT2D eigenvalue weighted by Gasteiger charge is -2.68. The van der Waals surface area contributed by atoms with E-state index in [2.05, 4.69) is 73.3 Å². The van der Waals surface area contributed by atoms with E-state index in [4.69, 9.17) is 27.0 Å². The van der Waals surface area contributed by atoms with Crippen LogP contribution < -0.4 is 0 Å². The first-order valence-corrected chi connectivity index (χ1v) is 31.6. The van der Waals surface area contributed by atoms with Crippen molar-refractivity contribution in [3.8, 4) is 0 Å². The average Bonchev–Trinajstić information content (AvgIpc) is 2.60. The average molecular weight is 1120 g/mol. The van der Waals surface area contributed by atoms with Crippen LogP contribution in [0.5, 0.6) is 0 Å². The van der Waals surface area contributed by atoms with Crippen LogP contribution in [0, 0.1) is 68.5 Å². The first-order chi connectivity index (χ1) is 35.8. The molecule has 11 aliphatic rings. The van der Waals surface area contributed by atoms with Gasteiger partial charge in [-0.1, -0.05) is 84.3 Å². The third-order valence-electron chi connectivity index (χ3n) is 25.7. The standard InChI is InChI=1S/C32H49NO9.C30H50O.H2O4S/c1-6-18(3)25(35)41-24-11-12-26(4)19-8-9-20-28(37)13-23(34)31(39)21(29(28,38)16-30(20,26)42-32(19,24)40)15-33-14-17(2)7-10-22(33)27(31,5)36;1-20(2)10-9-11-21(3)22-14-18-30(8)24-12-13-25-27(4,5)26(31)16-17-28(25,6)23(24)15-19-29(22,30)7;1-5(2,3)4/h6,17,19-24,34,36-40H,7-16H2,1-5H3;10,21-22,25-26,31H,9,11-19H2,1-8H3;(H2,1,2,3,4). The van der Waals surface area contributed by atoms with Crippen molar-refractivity contribution in [2.75, 3.05) is 13.1 Å². The van der Waals surface area contributed by atoms with Crippen LogP contribution in [-0.4, -0.2) is 135 Å². The van der Waals surface area contributed by atoms with Gasteiger partial charge in [0.2, 0.25) is 5.79 Å². The van der Waals surface area contributed by atoms with Crippen molar-refractivity contribution in [3.63, 3.8) is 0 Å². The Hall–Kier alpha value is -1.80. The van der Waals surface area contributed by atoms with Crippen molar-refractivity contribution in [1.29, 1.82) is 0 Å². The van der Waals surface area contributed by atoms with Crippen LogP contribution in [0.25, 0.3) is 0 Å². The van der Waals surface area contributed by atoms with Crippen molar-refractivity contribution in [2.24, 2.45) is 68.5 Å². The molecular weight excluding hydrogens is 1010 g/mol. The number of rotatable bonds is 6. The van der Waals surface area contributed by atoms with Gasteiger partial charge in [-0.15, -0.1) is 0 Å². The summed E-state index contributed by atoms with van der Waals surface area (Å²) in [7, 11) is -4.67. The molecule has 9 fully saturated rings. The minimum atomic E-state index is -4.67. The highest BCUT2D eigenvalue weighted by atomic mass is 32.3. The van der Waals surface area contributed by atoms with E-state index in [1.807, 2.05) is 18.1 Å². The van der Waals surface area contributed by atoms with Crippen molar-refractivity contribution in [1.82, 2.24) is 4.90 Å². The molecule has 0 aromatic rings. The van der Waals surface area contributed by atoms with Gasteiger partial charge in [-0.2, -0.15) is 8.42 Å². The maximum absolute atomic E-state index is 12.9. The quantitative estimate of drug-likeness (QED) is 0.0521. The van der Waals surface area contributed by atoms with Gasteiger partial charge < -0.3 is 45.2 Å². The molecule has 3 heterocycles. The summed E-state index contributed by atoms with van der Waals surface area (Å²) in [5, 5.41) is 84.8. The second kappa shape index (κ2) is 19.6. The summed E-state index contributed by atoms with van der Waals surface area (Å²) in [6.45, 7) is 29.7. The van der Waals surface area contributed by atoms with Gasteiger partial charge in [0.1, 0.15) is 22.4 Å². The maximum atomic E-state index is 12.9. The van der Waals surface area contributed by atoms with Crippen LogP contribution in [0.2, 0.25) is 0 Å². The lowest BCUT2D eigenvalue weighted by atomic mass is 9.43. The number of esters is 1. The first kappa shape index (κ1) is 60.8. The monoisotopic (exact) mass is 1120 g/mol. The number of fused-ring (bicyclic) bond motifs is 9. The zero-order valence-corrected chi connectivity index (χ0v) is 50.4. The highest BCUT2D eigenvalue weighted by Crippen LogP contribution is 2.79. The predicted molar refractivity (Wildman–Crippen MR) is 297 cm³/mol. The van der Waals surface area contributed by atoms with Gasteiger partial charge >= 0.3 is 16.4 Å². The van der Waals surface area contributed by atoms with Crippen LogP contribution in [0.15, 0.2) is 34.4 Å². The first-order valence-electron chi connectivity index (χ1n) is 30.2.